The summed E-state index contributed by atoms with van der Waals surface area (Å²) in [5.41, 5.74) is 4.35. The zero-order chi connectivity index (χ0) is 19.3. The highest BCUT2D eigenvalue weighted by Crippen LogP contribution is 2.22. The molecule has 26 heavy (non-hydrogen) atoms. The number of hydrogen-bond donors (Lipinski definition) is 0. The van der Waals surface area contributed by atoms with Gasteiger partial charge in [-0.05, 0) is 57.0 Å². The molecule has 0 aliphatic rings. The Labute approximate surface area is 151 Å². The summed E-state index contributed by atoms with van der Waals surface area (Å²) >= 11 is 0. The molecule has 1 aromatic heterocycles. The van der Waals surface area contributed by atoms with Crippen LogP contribution >= 0.6 is 0 Å². The second kappa shape index (κ2) is 8.28. The van der Waals surface area contributed by atoms with Crippen LogP contribution in [0.2, 0.25) is 0 Å². The maximum absolute atomic E-state index is 13.2. The van der Waals surface area contributed by atoms with Crippen LogP contribution in [-0.2, 0) is 6.42 Å². The summed E-state index contributed by atoms with van der Waals surface area (Å²) in [7, 11) is 1.18. The third-order valence-electron chi connectivity index (χ3n) is 4.33. The van der Waals surface area contributed by atoms with Gasteiger partial charge in [0.15, 0.2) is 6.67 Å². The zero-order valence-electron chi connectivity index (χ0n) is 15.1. The van der Waals surface area contributed by atoms with Crippen LogP contribution in [0.5, 0.6) is 0 Å². The lowest BCUT2D eigenvalue weighted by Gasteiger charge is -2.24. The van der Waals surface area contributed by atoms with Gasteiger partial charge in [-0.15, -0.1) is 0 Å². The predicted octanol–water partition coefficient (Wildman–Crippen LogP) is 4.06. The van der Waals surface area contributed by atoms with Gasteiger partial charge in [0.2, 0.25) is 5.82 Å². The molecule has 0 saturated heterocycles. The number of hydrogen-bond acceptors (Lipinski definition) is 4. The highest BCUT2D eigenvalue weighted by atomic mass is 19.3. The van der Waals surface area contributed by atoms with E-state index in [0.29, 0.717) is 29.1 Å². The van der Waals surface area contributed by atoms with Crippen LogP contribution in [0.3, 0.4) is 0 Å². The van der Waals surface area contributed by atoms with E-state index in [2.05, 4.69) is 9.97 Å². The molecule has 0 bridgehead atoms. The van der Waals surface area contributed by atoms with Crippen LogP contribution in [0.1, 0.15) is 29.1 Å². The number of aromatic nitrogens is 2. The molecule has 0 unspecified atom stereocenters. The molecule has 2 rings (SSSR count). The molecule has 0 spiro atoms. The molecule has 2 aromatic rings. The van der Waals surface area contributed by atoms with Crippen LogP contribution < -0.4 is 0 Å². The zero-order valence-corrected chi connectivity index (χ0v) is 15.1. The molecular weight excluding hydrogens is 341 g/mol. The maximum atomic E-state index is 13.2. The van der Waals surface area contributed by atoms with E-state index in [9.17, 15) is 13.2 Å². The van der Waals surface area contributed by atoms with Crippen molar-refractivity contribution in [1.82, 2.24) is 14.9 Å². The molecule has 7 heteroatoms. The van der Waals surface area contributed by atoms with Crippen molar-refractivity contribution in [3.63, 3.8) is 0 Å². The maximum Gasteiger partial charge on any atom is 0.332 e. The predicted molar refractivity (Wildman–Crippen MR) is 93.5 cm³/mol. The summed E-state index contributed by atoms with van der Waals surface area (Å²) < 4.78 is 38.8. The van der Waals surface area contributed by atoms with Crippen LogP contribution in [0, 0.1) is 25.2 Å². The number of nitriles is 1. The summed E-state index contributed by atoms with van der Waals surface area (Å²) in [6, 6.07) is 6.12. The standard InChI is InChI=1S/C19H21F3N4/c1-13-6-7-15(9-14(13)2)17-10-16(24-18(11-23)25-17)5-4-8-26(3)19(21,22)12-20/h6-7,9-10H,4-5,8,12H2,1-3H3. The Morgan fingerprint density at radius 3 is 2.50 bits per heavy atom. The van der Waals surface area contributed by atoms with E-state index in [1.807, 2.05) is 38.1 Å². The van der Waals surface area contributed by atoms with Crippen molar-refractivity contribution in [2.75, 3.05) is 20.3 Å². The van der Waals surface area contributed by atoms with E-state index in [1.165, 1.54) is 7.05 Å². The SMILES string of the molecule is Cc1ccc(-c2cc(CCCN(C)C(F)(F)CF)nc(C#N)n2)cc1C. The van der Waals surface area contributed by atoms with Gasteiger partial charge < -0.3 is 0 Å². The molecule has 0 N–H and O–H groups in total. The molecule has 138 valence electrons. The number of benzene rings is 1. The van der Waals surface area contributed by atoms with Gasteiger partial charge in [-0.3, -0.25) is 0 Å². The van der Waals surface area contributed by atoms with Crippen molar-refractivity contribution in [3.05, 3.63) is 46.9 Å². The van der Waals surface area contributed by atoms with Gasteiger partial charge in [-0.2, -0.15) is 14.0 Å². The minimum absolute atomic E-state index is 0.0157. The molecule has 1 heterocycles. The molecule has 0 fully saturated rings. The van der Waals surface area contributed by atoms with Crippen molar-refractivity contribution < 1.29 is 13.2 Å². The lowest BCUT2D eigenvalue weighted by Crippen LogP contribution is -2.41. The van der Waals surface area contributed by atoms with E-state index in [0.717, 1.165) is 16.7 Å². The molecule has 0 amide bonds. The second-order valence-corrected chi connectivity index (χ2v) is 6.30. The Morgan fingerprint density at radius 1 is 1.15 bits per heavy atom. The van der Waals surface area contributed by atoms with E-state index in [-0.39, 0.29) is 12.4 Å². The van der Waals surface area contributed by atoms with E-state index < -0.39 is 12.7 Å². The first-order valence-corrected chi connectivity index (χ1v) is 8.27. The number of aryl methyl sites for hydroxylation is 3. The van der Waals surface area contributed by atoms with Crippen molar-refractivity contribution in [2.24, 2.45) is 0 Å². The number of nitrogens with zero attached hydrogens (tertiary/aromatic N) is 4. The van der Waals surface area contributed by atoms with Gasteiger partial charge in [-0.1, -0.05) is 12.1 Å². The van der Waals surface area contributed by atoms with Crippen LogP contribution in [-0.4, -0.2) is 41.2 Å². The Hall–Kier alpha value is -2.46. The highest BCUT2D eigenvalue weighted by Gasteiger charge is 2.33. The first-order chi connectivity index (χ1) is 12.3. The minimum atomic E-state index is -3.46. The van der Waals surface area contributed by atoms with E-state index in [4.69, 9.17) is 5.26 Å². The summed E-state index contributed by atoms with van der Waals surface area (Å²) in [6.07, 6.45) is 0.752. The molecule has 0 saturated carbocycles. The van der Waals surface area contributed by atoms with Gasteiger partial charge in [0.1, 0.15) is 6.07 Å². The normalized spacial score (nSPS) is 11.6. The largest absolute Gasteiger partial charge is 0.332 e. The summed E-state index contributed by atoms with van der Waals surface area (Å²) in [6.45, 7) is 2.30. The Morgan fingerprint density at radius 2 is 1.88 bits per heavy atom. The molecule has 1 aromatic carbocycles. The molecule has 0 aliphatic heterocycles. The molecule has 4 nitrogen and oxygen atoms in total. The topological polar surface area (TPSA) is 52.8 Å². The quantitative estimate of drug-likeness (QED) is 0.697. The van der Waals surface area contributed by atoms with Crippen LogP contribution in [0.4, 0.5) is 13.2 Å². The van der Waals surface area contributed by atoms with Crippen molar-refractivity contribution >= 4 is 0 Å². The molecule has 0 aliphatic carbocycles. The van der Waals surface area contributed by atoms with Gasteiger partial charge in [0.05, 0.1) is 5.69 Å². The van der Waals surface area contributed by atoms with Gasteiger partial charge in [0, 0.05) is 17.8 Å². The number of halogens is 3. The summed E-state index contributed by atoms with van der Waals surface area (Å²) in [4.78, 5) is 9.06. The van der Waals surface area contributed by atoms with Crippen LogP contribution in [0.25, 0.3) is 11.3 Å². The average Bonchev–Trinajstić information content (AvgIpc) is 2.63. The number of rotatable bonds is 7. The summed E-state index contributed by atoms with van der Waals surface area (Å²) in [5, 5.41) is 9.16. The fraction of sp³-hybridized carbons (Fsp3) is 0.421. The monoisotopic (exact) mass is 362 g/mol. The minimum Gasteiger partial charge on any atom is -0.245 e. The molecular formula is C19H21F3N4. The first kappa shape index (κ1) is 19.9. The van der Waals surface area contributed by atoms with E-state index in [1.54, 1.807) is 6.07 Å². The van der Waals surface area contributed by atoms with Crippen LogP contribution in [0.15, 0.2) is 24.3 Å². The Kier molecular flexibility index (Phi) is 6.32. The lowest BCUT2D eigenvalue weighted by atomic mass is 10.0. The molecule has 0 atom stereocenters. The Bertz CT molecular complexity index is 815. The Balaban J connectivity index is 2.17. The third-order valence-corrected chi connectivity index (χ3v) is 4.33. The van der Waals surface area contributed by atoms with Crippen molar-refractivity contribution in [3.8, 4) is 17.3 Å². The molecule has 0 radical (unpaired) electrons. The van der Waals surface area contributed by atoms with Crippen molar-refractivity contribution in [1.29, 1.82) is 5.26 Å². The van der Waals surface area contributed by atoms with Gasteiger partial charge in [-0.25, -0.2) is 19.3 Å². The van der Waals surface area contributed by atoms with Crippen molar-refractivity contribution in [2.45, 2.75) is 32.7 Å². The third kappa shape index (κ3) is 4.79. The van der Waals surface area contributed by atoms with E-state index >= 15 is 0 Å². The highest BCUT2D eigenvalue weighted by molar-refractivity contribution is 5.61. The number of alkyl halides is 3. The fourth-order valence-electron chi connectivity index (χ4n) is 2.49. The first-order valence-electron chi connectivity index (χ1n) is 8.27. The van der Waals surface area contributed by atoms with Gasteiger partial charge in [0.25, 0.3) is 0 Å². The summed E-state index contributed by atoms with van der Waals surface area (Å²) in [5.74, 6) is 0.0400. The lowest BCUT2D eigenvalue weighted by molar-refractivity contribution is -0.146. The van der Waals surface area contributed by atoms with Gasteiger partial charge >= 0.3 is 6.05 Å². The fourth-order valence-corrected chi connectivity index (χ4v) is 2.49. The second-order valence-electron chi connectivity index (χ2n) is 6.30. The average molecular weight is 362 g/mol. The smallest absolute Gasteiger partial charge is 0.245 e.